The van der Waals surface area contributed by atoms with Crippen LogP contribution in [0.3, 0.4) is 0 Å². The Hall–Kier alpha value is -0.120. The largest absolute Gasteiger partial charge is 0.390 e. The molecule has 0 amide bonds. The Balaban J connectivity index is 2.13. The molecule has 3 fully saturated rings. The molecule has 1 spiro atoms. The van der Waals surface area contributed by atoms with Crippen molar-refractivity contribution in [2.24, 2.45) is 5.41 Å². The van der Waals surface area contributed by atoms with E-state index in [9.17, 15) is 5.11 Å². The molecule has 0 unspecified atom stereocenters. The predicted octanol–water partition coefficient (Wildman–Crippen LogP) is 2.22. The smallest absolute Gasteiger partial charge is 0.167 e. The Morgan fingerprint density at radius 2 is 1.69 bits per heavy atom. The van der Waals surface area contributed by atoms with Gasteiger partial charge in [-0.2, -0.15) is 0 Å². The first-order chi connectivity index (χ1) is 7.25. The highest BCUT2D eigenvalue weighted by Crippen LogP contribution is 2.66. The highest BCUT2D eigenvalue weighted by Gasteiger charge is 2.75. The molecule has 1 saturated carbocycles. The lowest BCUT2D eigenvalue weighted by Gasteiger charge is -2.56. The maximum Gasteiger partial charge on any atom is 0.167 e. The molecular formula is C13H22O3. The standard InChI is InChI=1S/C13H22O3/c1-10(2)6-5-9(14)12(4)13(10)8-7-11(3,15-12)16-13/h9,14H,5-8H2,1-4H3/t9-,11-,12+,13-/m1/s1. The van der Waals surface area contributed by atoms with E-state index < -0.39 is 17.5 Å². The van der Waals surface area contributed by atoms with Gasteiger partial charge in [0.1, 0.15) is 11.2 Å². The molecule has 3 aliphatic rings. The Bertz CT molecular complexity index is 340. The third-order valence-corrected chi connectivity index (χ3v) is 5.32. The highest BCUT2D eigenvalue weighted by molar-refractivity contribution is 5.21. The first-order valence-corrected chi connectivity index (χ1v) is 6.33. The van der Waals surface area contributed by atoms with Crippen LogP contribution in [-0.2, 0) is 9.47 Å². The van der Waals surface area contributed by atoms with E-state index in [1.165, 1.54) is 0 Å². The number of hydrogen-bond donors (Lipinski definition) is 1. The molecule has 1 aliphatic carbocycles. The monoisotopic (exact) mass is 226 g/mol. The van der Waals surface area contributed by atoms with E-state index in [0.717, 1.165) is 25.7 Å². The topological polar surface area (TPSA) is 38.7 Å². The van der Waals surface area contributed by atoms with Crippen LogP contribution in [0, 0.1) is 5.41 Å². The molecule has 0 radical (unpaired) electrons. The van der Waals surface area contributed by atoms with Crippen molar-refractivity contribution in [2.75, 3.05) is 0 Å². The van der Waals surface area contributed by atoms with Gasteiger partial charge in [-0.1, -0.05) is 13.8 Å². The first kappa shape index (κ1) is 11.0. The van der Waals surface area contributed by atoms with Gasteiger partial charge in [0, 0.05) is 6.42 Å². The second-order valence-electron chi connectivity index (χ2n) is 6.71. The zero-order valence-corrected chi connectivity index (χ0v) is 10.7. The Labute approximate surface area is 97.1 Å². The van der Waals surface area contributed by atoms with Crippen LogP contribution in [0.2, 0.25) is 0 Å². The van der Waals surface area contributed by atoms with Crippen molar-refractivity contribution in [1.82, 2.24) is 0 Å². The maximum atomic E-state index is 10.3. The lowest BCUT2D eigenvalue weighted by atomic mass is 9.56. The van der Waals surface area contributed by atoms with Crippen LogP contribution in [0.15, 0.2) is 0 Å². The maximum absolute atomic E-state index is 10.3. The lowest BCUT2D eigenvalue weighted by molar-refractivity contribution is -0.214. The molecule has 16 heavy (non-hydrogen) atoms. The highest BCUT2D eigenvalue weighted by atomic mass is 16.8. The van der Waals surface area contributed by atoms with Gasteiger partial charge in [-0.05, 0) is 38.5 Å². The summed E-state index contributed by atoms with van der Waals surface area (Å²) in [6.45, 7) is 8.53. The van der Waals surface area contributed by atoms with Gasteiger partial charge in [-0.3, -0.25) is 0 Å². The van der Waals surface area contributed by atoms with Gasteiger partial charge in [0.25, 0.3) is 0 Å². The van der Waals surface area contributed by atoms with Crippen molar-refractivity contribution in [3.63, 3.8) is 0 Å². The summed E-state index contributed by atoms with van der Waals surface area (Å²) in [5.41, 5.74) is -0.747. The lowest BCUT2D eigenvalue weighted by Crippen LogP contribution is -2.67. The molecule has 92 valence electrons. The van der Waals surface area contributed by atoms with Crippen LogP contribution in [0.4, 0.5) is 0 Å². The van der Waals surface area contributed by atoms with Crippen LogP contribution < -0.4 is 0 Å². The Morgan fingerprint density at radius 3 is 2.25 bits per heavy atom. The first-order valence-electron chi connectivity index (χ1n) is 6.33. The number of fused-ring (bicyclic) bond motifs is 1. The molecule has 3 nitrogen and oxygen atoms in total. The van der Waals surface area contributed by atoms with E-state index in [1.54, 1.807) is 0 Å². The molecule has 0 aromatic heterocycles. The van der Waals surface area contributed by atoms with Gasteiger partial charge in [-0.15, -0.1) is 0 Å². The van der Waals surface area contributed by atoms with Crippen molar-refractivity contribution in [3.8, 4) is 0 Å². The van der Waals surface area contributed by atoms with Gasteiger partial charge in [0.2, 0.25) is 0 Å². The summed E-state index contributed by atoms with van der Waals surface area (Å²) in [7, 11) is 0. The third-order valence-electron chi connectivity index (χ3n) is 5.32. The number of aliphatic hydroxyl groups is 1. The molecule has 2 heterocycles. The number of rotatable bonds is 0. The van der Waals surface area contributed by atoms with Gasteiger partial charge in [-0.25, -0.2) is 0 Å². The molecule has 0 aromatic carbocycles. The van der Waals surface area contributed by atoms with Crippen molar-refractivity contribution in [3.05, 3.63) is 0 Å². The van der Waals surface area contributed by atoms with Crippen LogP contribution in [0.5, 0.6) is 0 Å². The third kappa shape index (κ3) is 0.964. The van der Waals surface area contributed by atoms with Crippen LogP contribution in [0.25, 0.3) is 0 Å². The summed E-state index contributed by atoms with van der Waals surface area (Å²) in [4.78, 5) is 0. The summed E-state index contributed by atoms with van der Waals surface area (Å²) in [5, 5.41) is 10.3. The second kappa shape index (κ2) is 2.65. The van der Waals surface area contributed by atoms with Crippen LogP contribution in [-0.4, -0.2) is 28.2 Å². The fourth-order valence-corrected chi connectivity index (χ4v) is 4.29. The van der Waals surface area contributed by atoms with E-state index in [4.69, 9.17) is 9.47 Å². The van der Waals surface area contributed by atoms with Crippen molar-refractivity contribution in [2.45, 2.75) is 76.5 Å². The summed E-state index contributed by atoms with van der Waals surface area (Å²) in [6, 6.07) is 0. The minimum absolute atomic E-state index is 0.0786. The van der Waals surface area contributed by atoms with Crippen molar-refractivity contribution >= 4 is 0 Å². The molecule has 3 rings (SSSR count). The molecule has 2 saturated heterocycles. The zero-order chi connectivity index (χ0) is 11.8. The zero-order valence-electron chi connectivity index (χ0n) is 10.7. The quantitative estimate of drug-likeness (QED) is 0.688. The fraction of sp³-hybridized carbons (Fsp3) is 1.00. The molecule has 4 atom stereocenters. The summed E-state index contributed by atoms with van der Waals surface area (Å²) < 4.78 is 12.4. The van der Waals surface area contributed by atoms with Crippen molar-refractivity contribution in [1.29, 1.82) is 0 Å². The Morgan fingerprint density at radius 1 is 1.00 bits per heavy atom. The average molecular weight is 226 g/mol. The van der Waals surface area contributed by atoms with Crippen LogP contribution in [0.1, 0.15) is 53.4 Å². The molecule has 1 N–H and O–H groups in total. The molecule has 0 aromatic rings. The van der Waals surface area contributed by atoms with Gasteiger partial charge >= 0.3 is 0 Å². The van der Waals surface area contributed by atoms with Gasteiger partial charge < -0.3 is 14.6 Å². The molecule has 3 heteroatoms. The van der Waals surface area contributed by atoms with Gasteiger partial charge in [0.15, 0.2) is 5.79 Å². The molecule has 2 aliphatic heterocycles. The second-order valence-corrected chi connectivity index (χ2v) is 6.71. The fourth-order valence-electron chi connectivity index (χ4n) is 4.29. The number of ether oxygens (including phenoxy) is 2. The molecule has 2 bridgehead atoms. The number of hydrogen-bond acceptors (Lipinski definition) is 3. The predicted molar refractivity (Wildman–Crippen MR) is 60.0 cm³/mol. The SMILES string of the molecule is CC1(C)CC[C@@H](O)[C@]2(C)O[C@@]3(C)CC[C@@]12O3. The van der Waals surface area contributed by atoms with E-state index in [0.29, 0.717) is 0 Å². The Kier molecular flexibility index (Phi) is 1.82. The van der Waals surface area contributed by atoms with Gasteiger partial charge in [0.05, 0.1) is 6.10 Å². The minimum atomic E-state index is -0.526. The van der Waals surface area contributed by atoms with E-state index in [-0.39, 0.29) is 11.0 Å². The van der Waals surface area contributed by atoms with Crippen molar-refractivity contribution < 1.29 is 14.6 Å². The molecular weight excluding hydrogens is 204 g/mol. The van der Waals surface area contributed by atoms with E-state index >= 15 is 0 Å². The van der Waals surface area contributed by atoms with Crippen LogP contribution >= 0.6 is 0 Å². The summed E-state index contributed by atoms with van der Waals surface area (Å²) in [5.74, 6) is -0.475. The minimum Gasteiger partial charge on any atom is -0.390 e. The average Bonchev–Trinajstić information content (AvgIpc) is 2.63. The normalized spacial score (nSPS) is 58.7. The summed E-state index contributed by atoms with van der Waals surface area (Å²) in [6.07, 6.45) is 3.36. The summed E-state index contributed by atoms with van der Waals surface area (Å²) >= 11 is 0. The van der Waals surface area contributed by atoms with E-state index in [2.05, 4.69) is 13.8 Å². The number of aliphatic hydroxyl groups excluding tert-OH is 1. The van der Waals surface area contributed by atoms with E-state index in [1.807, 2.05) is 13.8 Å².